The average molecular weight is 422 g/mol. The molecule has 0 aliphatic carbocycles. The van der Waals surface area contributed by atoms with E-state index in [9.17, 15) is 4.79 Å². The molecule has 1 atom stereocenters. The number of nitrogens with one attached hydrogen (secondary N) is 2. The van der Waals surface area contributed by atoms with Gasteiger partial charge in [-0.3, -0.25) is 4.79 Å². The third kappa shape index (κ3) is 3.39. The van der Waals surface area contributed by atoms with Crippen LogP contribution in [0.25, 0.3) is 16.4 Å². The van der Waals surface area contributed by atoms with Gasteiger partial charge in [0, 0.05) is 30.2 Å². The minimum Gasteiger partial charge on any atom is -0.362 e. The quantitative estimate of drug-likeness (QED) is 0.526. The molecule has 1 aromatic carbocycles. The lowest BCUT2D eigenvalue weighted by Gasteiger charge is -2.31. The van der Waals surface area contributed by atoms with Gasteiger partial charge in [-0.1, -0.05) is 18.2 Å². The molecule has 4 heterocycles. The van der Waals surface area contributed by atoms with Crippen molar-refractivity contribution in [3.63, 3.8) is 0 Å². The van der Waals surface area contributed by atoms with E-state index in [1.54, 1.807) is 4.52 Å². The molecule has 1 aliphatic heterocycles. The molecule has 3 aromatic heterocycles. The van der Waals surface area contributed by atoms with Crippen molar-refractivity contribution in [1.82, 2.24) is 24.9 Å². The molecule has 1 amide bonds. The monoisotopic (exact) mass is 421 g/mol. The summed E-state index contributed by atoms with van der Waals surface area (Å²) in [5.74, 6) is 1.44. The van der Waals surface area contributed by atoms with E-state index >= 15 is 0 Å². The highest BCUT2D eigenvalue weighted by molar-refractivity contribution is 6.28. The third-order valence-electron chi connectivity index (χ3n) is 5.26. The van der Waals surface area contributed by atoms with Gasteiger partial charge in [0.2, 0.25) is 11.2 Å². The summed E-state index contributed by atoms with van der Waals surface area (Å²) in [4.78, 5) is 23.3. The molecule has 1 fully saturated rings. The fourth-order valence-corrected chi connectivity index (χ4v) is 3.98. The predicted octanol–water partition coefficient (Wildman–Crippen LogP) is 3.04. The smallest absolute Gasteiger partial charge is 0.243 e. The van der Waals surface area contributed by atoms with Crippen LogP contribution in [0.2, 0.25) is 5.28 Å². The maximum atomic E-state index is 12.0. The summed E-state index contributed by atoms with van der Waals surface area (Å²) in [6.07, 6.45) is 1.83. The Hall–Kier alpha value is -3.39. The summed E-state index contributed by atoms with van der Waals surface area (Å²) in [7, 11) is 0. The molecule has 0 bridgehead atoms. The van der Waals surface area contributed by atoms with E-state index in [-0.39, 0.29) is 23.8 Å². The van der Waals surface area contributed by atoms with Crippen LogP contribution in [0, 0.1) is 0 Å². The van der Waals surface area contributed by atoms with Gasteiger partial charge in [-0.15, -0.1) is 5.10 Å². The molecule has 8 nitrogen and oxygen atoms in total. The topological polar surface area (TPSA) is 87.4 Å². The lowest BCUT2D eigenvalue weighted by molar-refractivity contribution is -0.120. The second kappa shape index (κ2) is 7.46. The summed E-state index contributed by atoms with van der Waals surface area (Å²) in [5, 5.41) is 11.7. The normalized spacial score (nSPS) is 15.4. The number of hydrogen-bond donors (Lipinski definition) is 2. The number of hydrogen-bond acceptors (Lipinski definition) is 6. The number of para-hydroxylation sites is 1. The molecule has 4 aromatic rings. The molecule has 152 valence electrons. The molecule has 30 heavy (non-hydrogen) atoms. The minimum atomic E-state index is -0.133. The van der Waals surface area contributed by atoms with Gasteiger partial charge >= 0.3 is 0 Å². The van der Waals surface area contributed by atoms with E-state index in [2.05, 4.69) is 33.7 Å². The molecule has 2 N–H and O–H groups in total. The van der Waals surface area contributed by atoms with Crippen molar-refractivity contribution in [3.8, 4) is 0 Å². The van der Waals surface area contributed by atoms with Crippen molar-refractivity contribution in [3.05, 3.63) is 59.5 Å². The van der Waals surface area contributed by atoms with Gasteiger partial charge in [-0.2, -0.15) is 4.98 Å². The lowest BCUT2D eigenvalue weighted by Crippen LogP contribution is -2.48. The summed E-state index contributed by atoms with van der Waals surface area (Å²) >= 11 is 6.11. The number of fused-ring (bicyclic) bond motifs is 2. The number of aromatic nitrogens is 4. The van der Waals surface area contributed by atoms with Crippen LogP contribution in [-0.2, 0) is 4.79 Å². The molecular formula is C21H20ClN7O. The largest absolute Gasteiger partial charge is 0.362 e. The number of rotatable bonds is 4. The number of carbonyl (C=O) groups excluding carboxylic acids is 1. The first-order chi connectivity index (χ1) is 14.6. The maximum Gasteiger partial charge on any atom is 0.243 e. The highest BCUT2D eigenvalue weighted by Crippen LogP contribution is 2.31. The van der Waals surface area contributed by atoms with E-state index in [4.69, 9.17) is 16.6 Å². The van der Waals surface area contributed by atoms with Crippen molar-refractivity contribution in [2.24, 2.45) is 0 Å². The van der Waals surface area contributed by atoms with Gasteiger partial charge in [0.1, 0.15) is 11.3 Å². The Morgan fingerprint density at radius 3 is 2.93 bits per heavy atom. The predicted molar refractivity (Wildman–Crippen MR) is 117 cm³/mol. The maximum absolute atomic E-state index is 12.0. The van der Waals surface area contributed by atoms with E-state index in [1.165, 1.54) is 0 Å². The molecule has 1 aliphatic rings. The fraction of sp³-hybridized carbons (Fsp3) is 0.238. The summed E-state index contributed by atoms with van der Waals surface area (Å²) in [6, 6.07) is 13.8. The minimum absolute atomic E-state index is 0.000229. The fourth-order valence-electron chi connectivity index (χ4n) is 3.81. The van der Waals surface area contributed by atoms with Crippen molar-refractivity contribution in [1.29, 1.82) is 0 Å². The van der Waals surface area contributed by atoms with Gasteiger partial charge < -0.3 is 15.5 Å². The Bertz CT molecular complexity index is 1250. The highest BCUT2D eigenvalue weighted by Gasteiger charge is 2.24. The Kier molecular flexibility index (Phi) is 4.63. The van der Waals surface area contributed by atoms with Crippen molar-refractivity contribution >= 4 is 45.6 Å². The standard InChI is InChI=1S/C21H20ClN7O/c1-13(24-19-17-7-4-9-29(17)27-21(22)26-19)15-11-14-5-2-3-6-16(14)25-20(15)28-10-8-23-18(30)12-28/h2-7,9,11,13H,8,10,12H2,1H3,(H,23,30)(H,24,26,27)/t13-/m0/s1. The first-order valence-electron chi connectivity index (χ1n) is 9.77. The number of pyridine rings is 1. The van der Waals surface area contributed by atoms with Crippen molar-refractivity contribution in [2.45, 2.75) is 13.0 Å². The zero-order valence-electron chi connectivity index (χ0n) is 16.3. The van der Waals surface area contributed by atoms with E-state index in [0.717, 1.165) is 27.8 Å². The molecule has 0 spiro atoms. The van der Waals surface area contributed by atoms with Crippen LogP contribution in [0.1, 0.15) is 18.5 Å². The Balaban J connectivity index is 1.58. The van der Waals surface area contributed by atoms with Crippen LogP contribution >= 0.6 is 11.6 Å². The second-order valence-electron chi connectivity index (χ2n) is 7.30. The SMILES string of the molecule is C[C@H](Nc1nc(Cl)nn2cccc12)c1cc2ccccc2nc1N1CCNC(=O)C1. The van der Waals surface area contributed by atoms with E-state index in [0.29, 0.717) is 18.9 Å². The average Bonchev–Trinajstić information content (AvgIpc) is 3.21. The van der Waals surface area contributed by atoms with Crippen LogP contribution in [0.3, 0.4) is 0 Å². The molecule has 9 heteroatoms. The van der Waals surface area contributed by atoms with Crippen LogP contribution < -0.4 is 15.5 Å². The highest BCUT2D eigenvalue weighted by atomic mass is 35.5. The van der Waals surface area contributed by atoms with Gasteiger partial charge in [-0.05, 0) is 42.8 Å². The Morgan fingerprint density at radius 1 is 1.20 bits per heavy atom. The Morgan fingerprint density at radius 2 is 2.07 bits per heavy atom. The summed E-state index contributed by atoms with van der Waals surface area (Å²) in [6.45, 7) is 3.64. The molecule has 5 rings (SSSR count). The van der Waals surface area contributed by atoms with E-state index in [1.807, 2.05) is 47.5 Å². The van der Waals surface area contributed by atoms with Crippen molar-refractivity contribution < 1.29 is 4.79 Å². The van der Waals surface area contributed by atoms with E-state index < -0.39 is 0 Å². The Labute approximate surface area is 177 Å². The molecule has 0 radical (unpaired) electrons. The number of piperazine rings is 1. The second-order valence-corrected chi connectivity index (χ2v) is 7.64. The molecular weight excluding hydrogens is 402 g/mol. The van der Waals surface area contributed by atoms with Gasteiger partial charge in [-0.25, -0.2) is 9.50 Å². The first kappa shape index (κ1) is 18.6. The molecule has 0 saturated carbocycles. The third-order valence-corrected chi connectivity index (χ3v) is 5.42. The lowest BCUT2D eigenvalue weighted by atomic mass is 10.0. The number of carbonyl (C=O) groups is 1. The van der Waals surface area contributed by atoms with Gasteiger partial charge in [0.15, 0.2) is 5.82 Å². The zero-order chi connectivity index (χ0) is 20.7. The van der Waals surface area contributed by atoms with Crippen LogP contribution in [0.5, 0.6) is 0 Å². The number of benzene rings is 1. The number of nitrogens with zero attached hydrogens (tertiary/aromatic N) is 5. The van der Waals surface area contributed by atoms with Gasteiger partial charge in [0.05, 0.1) is 18.1 Å². The van der Waals surface area contributed by atoms with Crippen LogP contribution in [0.4, 0.5) is 11.6 Å². The zero-order valence-corrected chi connectivity index (χ0v) is 17.1. The van der Waals surface area contributed by atoms with Crippen LogP contribution in [-0.4, -0.2) is 45.1 Å². The summed E-state index contributed by atoms with van der Waals surface area (Å²) in [5.41, 5.74) is 2.72. The van der Waals surface area contributed by atoms with Crippen LogP contribution in [0.15, 0.2) is 48.7 Å². The number of anilines is 2. The number of amides is 1. The molecule has 1 saturated heterocycles. The van der Waals surface area contributed by atoms with Gasteiger partial charge in [0.25, 0.3) is 0 Å². The first-order valence-corrected chi connectivity index (χ1v) is 10.1. The van der Waals surface area contributed by atoms with Crippen molar-refractivity contribution in [2.75, 3.05) is 29.9 Å². The molecule has 0 unspecified atom stereocenters. The summed E-state index contributed by atoms with van der Waals surface area (Å²) < 4.78 is 1.69. The number of halogens is 1.